The first-order chi connectivity index (χ1) is 9.05. The number of carbonyl (C=O) groups is 1. The van der Waals surface area contributed by atoms with Gasteiger partial charge in [-0.2, -0.15) is 5.26 Å². The van der Waals surface area contributed by atoms with Crippen molar-refractivity contribution in [2.75, 3.05) is 0 Å². The van der Waals surface area contributed by atoms with Gasteiger partial charge in [-0.1, -0.05) is 22.0 Å². The summed E-state index contributed by atoms with van der Waals surface area (Å²) in [5, 5.41) is 21.7. The van der Waals surface area contributed by atoms with Crippen LogP contribution in [-0.4, -0.2) is 11.0 Å². The van der Waals surface area contributed by atoms with E-state index in [4.69, 9.17) is 5.26 Å². The third-order valence-corrected chi connectivity index (χ3v) is 4.35. The van der Waals surface area contributed by atoms with Crippen LogP contribution in [0.3, 0.4) is 0 Å². The van der Waals surface area contributed by atoms with Crippen molar-refractivity contribution in [2.45, 2.75) is 24.8 Å². The molecule has 1 heterocycles. The van der Waals surface area contributed by atoms with Crippen LogP contribution < -0.4 is 5.32 Å². The van der Waals surface area contributed by atoms with Gasteiger partial charge in [0.2, 0.25) is 0 Å². The second kappa shape index (κ2) is 4.10. The van der Waals surface area contributed by atoms with E-state index in [9.17, 15) is 9.90 Å². The Morgan fingerprint density at radius 1 is 1.47 bits per heavy atom. The average Bonchev–Trinajstić information content (AvgIpc) is 2.67. The lowest BCUT2D eigenvalue weighted by Crippen LogP contribution is -2.48. The molecule has 0 fully saturated rings. The third-order valence-electron chi connectivity index (χ3n) is 3.85. The number of hydrogen-bond donors (Lipinski definition) is 2. The summed E-state index contributed by atoms with van der Waals surface area (Å²) in [5.74, 6) is -0.593. The summed E-state index contributed by atoms with van der Waals surface area (Å²) in [6.45, 7) is 0. The maximum absolute atomic E-state index is 11.9. The summed E-state index contributed by atoms with van der Waals surface area (Å²) in [7, 11) is 0. The maximum atomic E-state index is 11.9. The largest absolute Gasteiger partial charge is 0.511 e. The van der Waals surface area contributed by atoms with E-state index in [0.29, 0.717) is 0 Å². The molecular weight excluding hydrogens is 308 g/mol. The highest BCUT2D eigenvalue weighted by molar-refractivity contribution is 9.10. The molecule has 0 saturated carbocycles. The number of aryl methyl sites for hydroxylation is 1. The summed E-state index contributed by atoms with van der Waals surface area (Å²) < 4.78 is 1.00. The molecule has 0 aromatic heterocycles. The van der Waals surface area contributed by atoms with Gasteiger partial charge < -0.3 is 10.4 Å². The Morgan fingerprint density at radius 3 is 2.95 bits per heavy atom. The lowest BCUT2D eigenvalue weighted by atomic mass is 9.83. The molecule has 1 aromatic carbocycles. The molecule has 1 spiro atoms. The molecule has 19 heavy (non-hydrogen) atoms. The first-order valence-corrected chi connectivity index (χ1v) is 6.79. The minimum atomic E-state index is -0.558. The van der Waals surface area contributed by atoms with E-state index in [1.54, 1.807) is 6.07 Å². The van der Waals surface area contributed by atoms with Gasteiger partial charge in [-0.3, -0.25) is 4.79 Å². The first-order valence-electron chi connectivity index (χ1n) is 5.99. The number of aliphatic hydroxyl groups is 1. The molecule has 2 N–H and O–H groups in total. The highest BCUT2D eigenvalue weighted by Crippen LogP contribution is 2.44. The van der Waals surface area contributed by atoms with E-state index in [2.05, 4.69) is 21.2 Å². The maximum Gasteiger partial charge on any atom is 0.266 e. The van der Waals surface area contributed by atoms with Gasteiger partial charge in [0, 0.05) is 10.9 Å². The molecule has 2 aliphatic rings. The monoisotopic (exact) mass is 318 g/mol. The van der Waals surface area contributed by atoms with Gasteiger partial charge >= 0.3 is 0 Å². The highest BCUT2D eigenvalue weighted by atomic mass is 79.9. The fourth-order valence-electron chi connectivity index (χ4n) is 2.98. The number of hydrogen-bond acceptors (Lipinski definition) is 3. The van der Waals surface area contributed by atoms with Gasteiger partial charge in [0.1, 0.15) is 11.8 Å². The zero-order valence-corrected chi connectivity index (χ0v) is 11.6. The highest BCUT2D eigenvalue weighted by Gasteiger charge is 2.45. The molecule has 1 aliphatic heterocycles. The number of nitriles is 1. The van der Waals surface area contributed by atoms with Crippen LogP contribution in [0.2, 0.25) is 0 Å². The Bertz CT molecular complexity index is 660. The van der Waals surface area contributed by atoms with Crippen molar-refractivity contribution in [3.8, 4) is 6.07 Å². The number of aliphatic hydroxyl groups excluding tert-OH is 1. The SMILES string of the molecule is N#CC1=C(O)C[C@]2(CCc3cc(Br)ccc32)NC1=O. The van der Waals surface area contributed by atoms with Crippen molar-refractivity contribution in [3.63, 3.8) is 0 Å². The van der Waals surface area contributed by atoms with E-state index in [1.165, 1.54) is 5.56 Å². The molecule has 1 amide bonds. The standard InChI is InChI=1S/C14H11BrN2O2/c15-9-1-2-11-8(5-9)3-4-14(11)6-12(18)10(7-16)13(19)17-14/h1-2,5,18H,3-4,6H2,(H,17,19)/t14-/m0/s1. The minimum absolute atomic E-state index is 0.109. The van der Waals surface area contributed by atoms with Crippen molar-refractivity contribution >= 4 is 21.8 Å². The van der Waals surface area contributed by atoms with E-state index < -0.39 is 11.4 Å². The molecule has 1 aliphatic carbocycles. The number of nitrogens with zero attached hydrogens (tertiary/aromatic N) is 1. The second-order valence-electron chi connectivity index (χ2n) is 4.95. The molecule has 4 nitrogen and oxygen atoms in total. The number of halogens is 1. The van der Waals surface area contributed by atoms with Crippen LogP contribution in [0, 0.1) is 11.3 Å². The molecule has 0 bridgehead atoms. The zero-order chi connectivity index (χ0) is 13.6. The number of nitrogens with one attached hydrogen (secondary N) is 1. The third kappa shape index (κ3) is 1.75. The van der Waals surface area contributed by atoms with Gasteiger partial charge in [0.15, 0.2) is 5.57 Å². The smallest absolute Gasteiger partial charge is 0.266 e. The fraction of sp³-hybridized carbons (Fsp3) is 0.286. The fourth-order valence-corrected chi connectivity index (χ4v) is 3.39. The van der Waals surface area contributed by atoms with E-state index in [1.807, 2.05) is 18.2 Å². The van der Waals surface area contributed by atoms with E-state index in [0.717, 1.165) is 22.9 Å². The number of amides is 1. The van der Waals surface area contributed by atoms with Gasteiger partial charge in [0.05, 0.1) is 5.54 Å². The number of carbonyl (C=O) groups excluding carboxylic acids is 1. The van der Waals surface area contributed by atoms with Crippen LogP contribution in [-0.2, 0) is 16.8 Å². The molecule has 96 valence electrons. The molecule has 5 heteroatoms. The van der Waals surface area contributed by atoms with Crippen molar-refractivity contribution < 1.29 is 9.90 Å². The first kappa shape index (κ1) is 12.2. The van der Waals surface area contributed by atoms with Gasteiger partial charge in [0.25, 0.3) is 5.91 Å². The summed E-state index contributed by atoms with van der Waals surface area (Å²) in [6.07, 6.45) is 1.88. The molecule has 1 aromatic rings. The Morgan fingerprint density at radius 2 is 2.26 bits per heavy atom. The van der Waals surface area contributed by atoms with Gasteiger partial charge in [-0.15, -0.1) is 0 Å². The Hall–Kier alpha value is -1.80. The van der Waals surface area contributed by atoms with Crippen LogP contribution >= 0.6 is 15.9 Å². The topological polar surface area (TPSA) is 73.1 Å². The lowest BCUT2D eigenvalue weighted by molar-refractivity contribution is -0.120. The minimum Gasteiger partial charge on any atom is -0.511 e. The molecule has 1 atom stereocenters. The quantitative estimate of drug-likeness (QED) is 0.771. The lowest BCUT2D eigenvalue weighted by Gasteiger charge is -2.34. The summed E-state index contributed by atoms with van der Waals surface area (Å²) in [6, 6.07) is 7.69. The van der Waals surface area contributed by atoms with Crippen molar-refractivity contribution in [2.24, 2.45) is 0 Å². The molecule has 3 rings (SSSR count). The van der Waals surface area contributed by atoms with Crippen molar-refractivity contribution in [1.29, 1.82) is 5.26 Å². The van der Waals surface area contributed by atoms with E-state index >= 15 is 0 Å². The predicted molar refractivity (Wildman–Crippen MR) is 72.2 cm³/mol. The Labute approximate surface area is 118 Å². The van der Waals surface area contributed by atoms with Gasteiger partial charge in [-0.05, 0) is 36.1 Å². The van der Waals surface area contributed by atoms with Crippen LogP contribution in [0.4, 0.5) is 0 Å². The average molecular weight is 319 g/mol. The van der Waals surface area contributed by atoms with Crippen LogP contribution in [0.1, 0.15) is 24.0 Å². The zero-order valence-electron chi connectivity index (χ0n) is 10.0. The second-order valence-corrected chi connectivity index (χ2v) is 5.86. The number of benzene rings is 1. The summed E-state index contributed by atoms with van der Waals surface area (Å²) >= 11 is 3.43. The molecular formula is C14H11BrN2O2. The summed E-state index contributed by atoms with van der Waals surface area (Å²) in [4.78, 5) is 11.9. The molecule has 0 saturated heterocycles. The van der Waals surface area contributed by atoms with Crippen molar-refractivity contribution in [1.82, 2.24) is 5.32 Å². The van der Waals surface area contributed by atoms with Crippen LogP contribution in [0.25, 0.3) is 0 Å². The van der Waals surface area contributed by atoms with Gasteiger partial charge in [-0.25, -0.2) is 0 Å². The number of fused-ring (bicyclic) bond motifs is 2. The summed E-state index contributed by atoms with van der Waals surface area (Å²) in [5.41, 5.74) is 1.48. The number of rotatable bonds is 0. The van der Waals surface area contributed by atoms with Crippen LogP contribution in [0.15, 0.2) is 34.0 Å². The predicted octanol–water partition coefficient (Wildman–Crippen LogP) is 2.45. The van der Waals surface area contributed by atoms with Crippen molar-refractivity contribution in [3.05, 3.63) is 45.1 Å². The van der Waals surface area contributed by atoms with E-state index in [-0.39, 0.29) is 17.8 Å². The molecule has 0 unspecified atom stereocenters. The normalized spacial score (nSPS) is 25.2. The molecule has 0 radical (unpaired) electrons. The van der Waals surface area contributed by atoms with Crippen LogP contribution in [0.5, 0.6) is 0 Å². The Kier molecular flexibility index (Phi) is 2.64. The Balaban J connectivity index is 2.09.